The molecule has 0 saturated carbocycles. The van der Waals surface area contributed by atoms with Crippen molar-refractivity contribution in [1.82, 2.24) is 5.32 Å². The van der Waals surface area contributed by atoms with E-state index in [1.54, 1.807) is 30.3 Å². The van der Waals surface area contributed by atoms with Gasteiger partial charge in [0.2, 0.25) is 0 Å². The highest BCUT2D eigenvalue weighted by atomic mass is 16.5. The van der Waals surface area contributed by atoms with Crippen LogP contribution in [0, 0.1) is 0 Å². The summed E-state index contributed by atoms with van der Waals surface area (Å²) in [6.45, 7) is 0.481. The van der Waals surface area contributed by atoms with Crippen molar-refractivity contribution in [3.05, 3.63) is 65.7 Å². The van der Waals surface area contributed by atoms with Crippen LogP contribution in [0.1, 0.15) is 27.6 Å². The van der Waals surface area contributed by atoms with Crippen LogP contribution in [0.4, 0.5) is 0 Å². The highest BCUT2D eigenvalue weighted by Gasteiger charge is 2.12. The topological polar surface area (TPSA) is 98.8 Å². The summed E-state index contributed by atoms with van der Waals surface area (Å²) in [5.74, 6) is -1.69. The molecule has 2 aromatic carbocycles. The smallest absolute Gasteiger partial charge is 0.325 e. The number of amides is 1. The van der Waals surface area contributed by atoms with Gasteiger partial charge in [0, 0.05) is 18.1 Å². The molecule has 0 aromatic heterocycles. The Morgan fingerprint density at radius 2 is 1.54 bits per heavy atom. The molecule has 0 aliphatic rings. The van der Waals surface area contributed by atoms with Gasteiger partial charge in [-0.05, 0) is 36.4 Å². The first-order valence-corrected chi connectivity index (χ1v) is 7.76. The fraction of sp³-hybridized carbons (Fsp3) is 0.158. The zero-order valence-electron chi connectivity index (χ0n) is 14.1. The molecule has 0 radical (unpaired) electrons. The van der Waals surface area contributed by atoms with E-state index in [1.807, 2.05) is 0 Å². The summed E-state index contributed by atoms with van der Waals surface area (Å²) in [4.78, 5) is 46.2. The normalized spacial score (nSPS) is 9.88. The Balaban J connectivity index is 1.77. The number of ketones is 1. The molecule has 0 spiro atoms. The van der Waals surface area contributed by atoms with E-state index < -0.39 is 30.2 Å². The third-order valence-corrected chi connectivity index (χ3v) is 3.23. The Hall–Kier alpha value is -3.48. The fourth-order valence-electron chi connectivity index (χ4n) is 2.00. The van der Waals surface area contributed by atoms with Gasteiger partial charge in [0.15, 0.2) is 12.4 Å². The Kier molecular flexibility index (Phi) is 6.61. The highest BCUT2D eigenvalue weighted by molar-refractivity contribution is 5.99. The number of esters is 2. The maximum atomic E-state index is 12.0. The summed E-state index contributed by atoms with van der Waals surface area (Å²) < 4.78 is 9.71. The number of carbonyl (C=O) groups excluding carboxylic acids is 4. The van der Waals surface area contributed by atoms with Crippen molar-refractivity contribution in [2.24, 2.45) is 0 Å². The monoisotopic (exact) mass is 355 g/mol. The van der Waals surface area contributed by atoms with Crippen molar-refractivity contribution in [2.75, 3.05) is 13.2 Å². The molecule has 0 atom stereocenters. The van der Waals surface area contributed by atoms with Gasteiger partial charge in [-0.3, -0.25) is 19.2 Å². The lowest BCUT2D eigenvalue weighted by molar-refractivity contribution is -0.141. The van der Waals surface area contributed by atoms with Gasteiger partial charge < -0.3 is 14.8 Å². The molecule has 0 heterocycles. The number of hydrogen-bond acceptors (Lipinski definition) is 6. The lowest BCUT2D eigenvalue weighted by Gasteiger charge is -2.07. The van der Waals surface area contributed by atoms with Crippen LogP contribution in [0.5, 0.6) is 5.75 Å². The van der Waals surface area contributed by atoms with E-state index in [2.05, 4.69) is 5.32 Å². The minimum absolute atomic E-state index is 0.307. The third kappa shape index (κ3) is 5.86. The molecule has 2 aromatic rings. The molecule has 0 unspecified atom stereocenters. The molecule has 1 N–H and O–H groups in total. The van der Waals surface area contributed by atoms with E-state index in [9.17, 15) is 19.2 Å². The number of ether oxygens (including phenoxy) is 2. The third-order valence-electron chi connectivity index (χ3n) is 3.23. The van der Waals surface area contributed by atoms with Crippen LogP contribution < -0.4 is 10.1 Å². The molecule has 7 heteroatoms. The maximum Gasteiger partial charge on any atom is 0.325 e. The second-order valence-electron chi connectivity index (χ2n) is 5.25. The summed E-state index contributed by atoms with van der Waals surface area (Å²) in [7, 11) is 0. The molecule has 0 bridgehead atoms. The minimum Gasteiger partial charge on any atom is -0.456 e. The van der Waals surface area contributed by atoms with Crippen LogP contribution in [-0.2, 0) is 14.3 Å². The van der Waals surface area contributed by atoms with Crippen molar-refractivity contribution in [3.63, 3.8) is 0 Å². The zero-order valence-corrected chi connectivity index (χ0v) is 14.1. The molecule has 0 aliphatic carbocycles. The van der Waals surface area contributed by atoms with Crippen LogP contribution in [0.25, 0.3) is 0 Å². The van der Waals surface area contributed by atoms with Crippen molar-refractivity contribution >= 4 is 23.6 Å². The van der Waals surface area contributed by atoms with Crippen molar-refractivity contribution in [2.45, 2.75) is 6.92 Å². The van der Waals surface area contributed by atoms with Crippen LogP contribution in [0.15, 0.2) is 54.6 Å². The molecular formula is C19H17NO6. The zero-order chi connectivity index (χ0) is 18.9. The second kappa shape index (κ2) is 9.12. The quantitative estimate of drug-likeness (QED) is 0.462. The summed E-state index contributed by atoms with van der Waals surface area (Å²) in [6, 6.07) is 14.3. The molecule has 26 heavy (non-hydrogen) atoms. The predicted octanol–water partition coefficient (Wildman–Crippen LogP) is 1.77. The fourth-order valence-corrected chi connectivity index (χ4v) is 2.00. The number of nitrogens with one attached hydrogen (secondary N) is 1. The first-order valence-electron chi connectivity index (χ1n) is 7.76. The summed E-state index contributed by atoms with van der Waals surface area (Å²) in [5, 5.41) is 2.41. The van der Waals surface area contributed by atoms with Gasteiger partial charge in [-0.25, -0.2) is 0 Å². The molecular weight excluding hydrogens is 338 g/mol. The standard InChI is InChI=1S/C19H17NO6/c1-13(21)26-16-9-7-14(8-10-16)17(22)12-25-18(23)11-20-19(24)15-5-3-2-4-6-15/h2-10H,11-12H2,1H3,(H,20,24). The van der Waals surface area contributed by atoms with Gasteiger partial charge in [0.1, 0.15) is 12.3 Å². The number of Topliss-reactive ketones (excluding diaryl/α,β-unsaturated/α-hetero) is 1. The summed E-state index contributed by atoms with van der Waals surface area (Å²) in [5.41, 5.74) is 0.728. The van der Waals surface area contributed by atoms with Crippen LogP contribution in [0.2, 0.25) is 0 Å². The van der Waals surface area contributed by atoms with Crippen molar-refractivity contribution in [1.29, 1.82) is 0 Å². The van der Waals surface area contributed by atoms with E-state index in [1.165, 1.54) is 31.2 Å². The minimum atomic E-state index is -0.723. The van der Waals surface area contributed by atoms with Crippen molar-refractivity contribution < 1.29 is 28.7 Å². The number of benzene rings is 2. The predicted molar refractivity (Wildman–Crippen MR) is 91.8 cm³/mol. The first-order chi connectivity index (χ1) is 12.5. The summed E-state index contributed by atoms with van der Waals surface area (Å²) in [6.07, 6.45) is 0. The van der Waals surface area contributed by atoms with Gasteiger partial charge in [0.05, 0.1) is 0 Å². The van der Waals surface area contributed by atoms with E-state index in [-0.39, 0.29) is 6.54 Å². The first kappa shape index (κ1) is 18.9. The molecule has 7 nitrogen and oxygen atoms in total. The Morgan fingerprint density at radius 3 is 2.15 bits per heavy atom. The SMILES string of the molecule is CC(=O)Oc1ccc(C(=O)COC(=O)CNC(=O)c2ccccc2)cc1. The molecule has 1 amide bonds. The molecule has 134 valence electrons. The molecule has 2 rings (SSSR count). The number of hydrogen-bond donors (Lipinski definition) is 1. The van der Waals surface area contributed by atoms with Gasteiger partial charge in [-0.1, -0.05) is 18.2 Å². The van der Waals surface area contributed by atoms with Gasteiger partial charge >= 0.3 is 11.9 Å². The maximum absolute atomic E-state index is 12.0. The molecule has 0 fully saturated rings. The average molecular weight is 355 g/mol. The van der Waals surface area contributed by atoms with Crippen molar-refractivity contribution in [3.8, 4) is 5.75 Å². The average Bonchev–Trinajstić information content (AvgIpc) is 2.65. The van der Waals surface area contributed by atoms with Crippen LogP contribution in [0.3, 0.4) is 0 Å². The van der Waals surface area contributed by atoms with E-state index in [4.69, 9.17) is 9.47 Å². The summed E-state index contributed by atoms with van der Waals surface area (Å²) >= 11 is 0. The van der Waals surface area contributed by atoms with E-state index in [0.29, 0.717) is 16.9 Å². The lowest BCUT2D eigenvalue weighted by Crippen LogP contribution is -2.31. The lowest BCUT2D eigenvalue weighted by atomic mass is 10.1. The van der Waals surface area contributed by atoms with Gasteiger partial charge in [-0.2, -0.15) is 0 Å². The van der Waals surface area contributed by atoms with E-state index in [0.717, 1.165) is 0 Å². The Morgan fingerprint density at radius 1 is 0.885 bits per heavy atom. The highest BCUT2D eigenvalue weighted by Crippen LogP contribution is 2.13. The Labute approximate surface area is 149 Å². The van der Waals surface area contributed by atoms with Gasteiger partial charge in [-0.15, -0.1) is 0 Å². The van der Waals surface area contributed by atoms with Crippen LogP contribution >= 0.6 is 0 Å². The molecule has 0 saturated heterocycles. The number of rotatable bonds is 7. The van der Waals surface area contributed by atoms with Gasteiger partial charge in [0.25, 0.3) is 5.91 Å². The Bertz CT molecular complexity index is 799. The number of carbonyl (C=O) groups is 4. The molecule has 0 aliphatic heterocycles. The van der Waals surface area contributed by atoms with Crippen LogP contribution in [-0.4, -0.2) is 36.8 Å². The largest absolute Gasteiger partial charge is 0.456 e. The van der Waals surface area contributed by atoms with E-state index >= 15 is 0 Å². The second-order valence-corrected chi connectivity index (χ2v) is 5.25.